The highest BCUT2D eigenvalue weighted by Crippen LogP contribution is 2.34. The second kappa shape index (κ2) is 5.74. The molecule has 1 aliphatic carbocycles. The molecular formula is C17H15NO2S. The van der Waals surface area contributed by atoms with Crippen molar-refractivity contribution in [3.63, 3.8) is 0 Å². The number of Topliss-reactive ketones (excluding diaryl/α,β-unsaturated/α-hetero) is 1. The predicted molar refractivity (Wildman–Crippen MR) is 85.0 cm³/mol. The smallest absolute Gasteiger partial charge is 0.232 e. The van der Waals surface area contributed by atoms with Crippen LogP contribution >= 0.6 is 11.8 Å². The van der Waals surface area contributed by atoms with Crippen molar-refractivity contribution in [3.8, 4) is 0 Å². The van der Waals surface area contributed by atoms with Gasteiger partial charge in [0.05, 0.1) is 11.6 Å². The molecule has 0 bridgehead atoms. The number of carbonyl (C=O) groups excluding carboxylic acids is 2. The first-order chi connectivity index (χ1) is 10.2. The molecular weight excluding hydrogens is 282 g/mol. The van der Waals surface area contributed by atoms with E-state index in [-0.39, 0.29) is 24.0 Å². The number of hydrogen-bond donors (Lipinski definition) is 1. The van der Waals surface area contributed by atoms with Crippen molar-refractivity contribution in [2.45, 2.75) is 17.2 Å². The number of amides is 1. The molecule has 0 unspecified atom stereocenters. The third kappa shape index (κ3) is 2.59. The van der Waals surface area contributed by atoms with Crippen LogP contribution in [0.4, 0.5) is 5.69 Å². The summed E-state index contributed by atoms with van der Waals surface area (Å²) < 4.78 is 0. The lowest BCUT2D eigenvalue weighted by Gasteiger charge is -2.13. The monoisotopic (exact) mass is 297 g/mol. The van der Waals surface area contributed by atoms with Crippen molar-refractivity contribution < 1.29 is 9.59 Å². The molecule has 3 nitrogen and oxygen atoms in total. The Balaban J connectivity index is 1.86. The van der Waals surface area contributed by atoms with Crippen LogP contribution in [0.5, 0.6) is 0 Å². The number of anilines is 1. The van der Waals surface area contributed by atoms with Crippen LogP contribution in [0.2, 0.25) is 0 Å². The predicted octanol–water partition coefficient (Wildman–Crippen LogP) is 3.72. The van der Waals surface area contributed by atoms with Crippen molar-refractivity contribution in [3.05, 3.63) is 59.7 Å². The summed E-state index contributed by atoms with van der Waals surface area (Å²) in [6.07, 6.45) is 2.23. The van der Waals surface area contributed by atoms with Gasteiger partial charge in [-0.05, 0) is 24.0 Å². The largest absolute Gasteiger partial charge is 0.325 e. The first-order valence-corrected chi connectivity index (χ1v) is 7.99. The van der Waals surface area contributed by atoms with Gasteiger partial charge in [-0.3, -0.25) is 9.59 Å². The van der Waals surface area contributed by atoms with E-state index in [1.165, 1.54) is 0 Å². The van der Waals surface area contributed by atoms with Crippen molar-refractivity contribution in [1.29, 1.82) is 0 Å². The molecule has 0 spiro atoms. The Hall–Kier alpha value is -2.07. The van der Waals surface area contributed by atoms with Gasteiger partial charge in [-0.25, -0.2) is 0 Å². The fourth-order valence-electron chi connectivity index (χ4n) is 2.66. The van der Waals surface area contributed by atoms with Gasteiger partial charge >= 0.3 is 0 Å². The quantitative estimate of drug-likeness (QED) is 0.878. The summed E-state index contributed by atoms with van der Waals surface area (Å²) in [6, 6.07) is 15.0. The van der Waals surface area contributed by atoms with Crippen LogP contribution in [0.25, 0.3) is 0 Å². The highest BCUT2D eigenvalue weighted by Gasteiger charge is 2.34. The second-order valence-corrected chi connectivity index (χ2v) is 5.80. The van der Waals surface area contributed by atoms with Gasteiger partial charge in [-0.2, -0.15) is 0 Å². The van der Waals surface area contributed by atoms with E-state index in [1.54, 1.807) is 17.8 Å². The van der Waals surface area contributed by atoms with Gasteiger partial charge in [0.25, 0.3) is 0 Å². The SMILES string of the molecule is CSc1ccccc1NC(=O)[C@H]1CC(=O)c2ccccc21. The maximum Gasteiger partial charge on any atom is 0.232 e. The fourth-order valence-corrected chi connectivity index (χ4v) is 3.22. The first kappa shape index (κ1) is 13.9. The molecule has 4 heteroatoms. The van der Waals surface area contributed by atoms with E-state index in [0.717, 1.165) is 16.1 Å². The Labute approximate surface area is 127 Å². The Bertz CT molecular complexity index is 711. The Kier molecular flexibility index (Phi) is 3.80. The van der Waals surface area contributed by atoms with E-state index >= 15 is 0 Å². The number of para-hydroxylation sites is 1. The van der Waals surface area contributed by atoms with Crippen LogP contribution < -0.4 is 5.32 Å². The zero-order valence-corrected chi connectivity index (χ0v) is 12.4. The zero-order valence-electron chi connectivity index (χ0n) is 11.6. The van der Waals surface area contributed by atoms with Crippen LogP contribution in [-0.2, 0) is 4.79 Å². The van der Waals surface area contributed by atoms with Gasteiger partial charge in [0, 0.05) is 16.9 Å². The molecule has 0 aromatic heterocycles. The molecule has 106 valence electrons. The Morgan fingerprint density at radius 3 is 2.67 bits per heavy atom. The van der Waals surface area contributed by atoms with Gasteiger partial charge in [-0.1, -0.05) is 36.4 Å². The number of thioether (sulfide) groups is 1. The van der Waals surface area contributed by atoms with Crippen LogP contribution in [-0.4, -0.2) is 17.9 Å². The lowest BCUT2D eigenvalue weighted by atomic mass is 10.0. The molecule has 1 amide bonds. The van der Waals surface area contributed by atoms with Crippen LogP contribution in [0, 0.1) is 0 Å². The molecule has 0 heterocycles. The number of ketones is 1. The molecule has 0 aliphatic heterocycles. The van der Waals surface area contributed by atoms with Gasteiger partial charge in [0.15, 0.2) is 5.78 Å². The van der Waals surface area contributed by atoms with Gasteiger partial charge < -0.3 is 5.32 Å². The van der Waals surface area contributed by atoms with Gasteiger partial charge in [-0.15, -0.1) is 11.8 Å². The second-order valence-electron chi connectivity index (χ2n) is 4.96. The maximum absolute atomic E-state index is 12.5. The van der Waals surface area contributed by atoms with Gasteiger partial charge in [0.2, 0.25) is 5.91 Å². The average Bonchev–Trinajstić information content (AvgIpc) is 2.86. The summed E-state index contributed by atoms with van der Waals surface area (Å²) in [5, 5.41) is 2.95. The van der Waals surface area contributed by atoms with E-state index in [2.05, 4.69) is 5.32 Å². The number of carbonyl (C=O) groups is 2. The lowest BCUT2D eigenvalue weighted by Crippen LogP contribution is -2.20. The minimum atomic E-state index is -0.386. The van der Waals surface area contributed by atoms with Crippen molar-refractivity contribution in [1.82, 2.24) is 0 Å². The third-order valence-corrected chi connectivity index (χ3v) is 4.50. The third-order valence-electron chi connectivity index (χ3n) is 3.71. The highest BCUT2D eigenvalue weighted by atomic mass is 32.2. The van der Waals surface area contributed by atoms with Gasteiger partial charge in [0.1, 0.15) is 0 Å². The zero-order chi connectivity index (χ0) is 14.8. The van der Waals surface area contributed by atoms with Crippen LogP contribution in [0.3, 0.4) is 0 Å². The topological polar surface area (TPSA) is 46.2 Å². The number of benzene rings is 2. The fraction of sp³-hybridized carbons (Fsp3) is 0.176. The molecule has 1 atom stereocenters. The maximum atomic E-state index is 12.5. The average molecular weight is 297 g/mol. The molecule has 0 radical (unpaired) electrons. The van der Waals surface area contributed by atoms with E-state index < -0.39 is 0 Å². The minimum Gasteiger partial charge on any atom is -0.325 e. The molecule has 0 saturated heterocycles. The molecule has 2 aromatic rings. The highest BCUT2D eigenvalue weighted by molar-refractivity contribution is 7.98. The van der Waals surface area contributed by atoms with Crippen molar-refractivity contribution in [2.75, 3.05) is 11.6 Å². The first-order valence-electron chi connectivity index (χ1n) is 6.76. The molecule has 21 heavy (non-hydrogen) atoms. The molecule has 0 fully saturated rings. The Morgan fingerprint density at radius 2 is 1.86 bits per heavy atom. The van der Waals surface area contributed by atoms with E-state index in [1.807, 2.05) is 48.7 Å². The van der Waals surface area contributed by atoms with E-state index in [0.29, 0.717) is 5.56 Å². The van der Waals surface area contributed by atoms with Crippen LogP contribution in [0.1, 0.15) is 28.3 Å². The van der Waals surface area contributed by atoms with Crippen LogP contribution in [0.15, 0.2) is 53.4 Å². The molecule has 1 aliphatic rings. The summed E-state index contributed by atoms with van der Waals surface area (Å²) in [6.45, 7) is 0. The minimum absolute atomic E-state index is 0.0453. The number of rotatable bonds is 3. The summed E-state index contributed by atoms with van der Waals surface area (Å²) in [4.78, 5) is 25.5. The van der Waals surface area contributed by atoms with E-state index in [4.69, 9.17) is 0 Å². The van der Waals surface area contributed by atoms with E-state index in [9.17, 15) is 9.59 Å². The number of hydrogen-bond acceptors (Lipinski definition) is 3. The normalized spacial score (nSPS) is 16.6. The van der Waals surface area contributed by atoms with Crippen molar-refractivity contribution >= 4 is 29.1 Å². The molecule has 0 saturated carbocycles. The summed E-state index contributed by atoms with van der Waals surface area (Å²) in [5.74, 6) is -0.456. The summed E-state index contributed by atoms with van der Waals surface area (Å²) >= 11 is 1.58. The standard InChI is InChI=1S/C17H15NO2S/c1-21-16-9-5-4-8-14(16)18-17(20)13-10-15(19)12-7-3-2-6-11(12)13/h2-9,13H,10H2,1H3,(H,18,20)/t13-/m0/s1. The number of fused-ring (bicyclic) bond motifs is 1. The molecule has 1 N–H and O–H groups in total. The summed E-state index contributed by atoms with van der Waals surface area (Å²) in [7, 11) is 0. The Morgan fingerprint density at radius 1 is 1.14 bits per heavy atom. The lowest BCUT2D eigenvalue weighted by molar-refractivity contribution is -0.117. The number of nitrogens with one attached hydrogen (secondary N) is 1. The summed E-state index contributed by atoms with van der Waals surface area (Å²) in [5.41, 5.74) is 2.31. The molecule has 2 aromatic carbocycles. The van der Waals surface area contributed by atoms with Crippen molar-refractivity contribution in [2.24, 2.45) is 0 Å². The molecule has 3 rings (SSSR count).